The van der Waals surface area contributed by atoms with Gasteiger partial charge >= 0.3 is 23.9 Å². The Bertz CT molecular complexity index is 1830. The van der Waals surface area contributed by atoms with Gasteiger partial charge in [-0.3, -0.25) is 19.2 Å². The molecule has 78 heavy (non-hydrogen) atoms. The number of carbonyl (C=O) groups excluding carboxylic acids is 4. The molecular weight excluding hydrogens is 1030 g/mol. The highest BCUT2D eigenvalue weighted by Crippen LogP contribution is 2.38. The van der Waals surface area contributed by atoms with Crippen molar-refractivity contribution in [2.24, 2.45) is 17.8 Å². The van der Waals surface area contributed by atoms with E-state index in [1.54, 1.807) is 34.6 Å². The van der Waals surface area contributed by atoms with Crippen molar-refractivity contribution in [2.75, 3.05) is 6.61 Å². The number of rotatable bonds is 16. The molecule has 0 aromatic carbocycles. The highest BCUT2D eigenvalue weighted by molar-refractivity contribution is 5.73. The maximum Gasteiger partial charge on any atom is 0.311 e. The van der Waals surface area contributed by atoms with Crippen LogP contribution in [0.3, 0.4) is 0 Å². The van der Waals surface area contributed by atoms with E-state index in [2.05, 4.69) is 6.92 Å². The van der Waals surface area contributed by atoms with Crippen LogP contribution < -0.4 is 0 Å². The van der Waals surface area contributed by atoms with Crippen LogP contribution in [0.1, 0.15) is 166 Å². The summed E-state index contributed by atoms with van der Waals surface area (Å²) in [6.07, 6.45) is -23.0. The molecule has 0 aromatic heterocycles. The predicted octanol–water partition coefficient (Wildman–Crippen LogP) is 3.14. The third kappa shape index (κ3) is 17.6. The van der Waals surface area contributed by atoms with Gasteiger partial charge in [-0.2, -0.15) is 0 Å². The highest BCUT2D eigenvalue weighted by atomic mass is 16.8. The topological polar surface area (TPSA) is 321 Å². The van der Waals surface area contributed by atoms with Crippen molar-refractivity contribution < 1.29 is 112 Å². The molecule has 5 fully saturated rings. The number of aliphatic hydroxyl groups is 7. The third-order valence-electron chi connectivity index (χ3n) is 16.0. The molecule has 5 rings (SSSR count). The van der Waals surface area contributed by atoms with E-state index in [0.29, 0.717) is 38.5 Å². The largest absolute Gasteiger partial charge is 0.463 e. The zero-order chi connectivity index (χ0) is 57.5. The Morgan fingerprint density at radius 2 is 1.12 bits per heavy atom. The summed E-state index contributed by atoms with van der Waals surface area (Å²) in [5.74, 6) is -5.21. The van der Waals surface area contributed by atoms with Gasteiger partial charge in [-0.05, 0) is 66.7 Å². The molecular formula is C55H94O23. The molecule has 0 aromatic rings. The van der Waals surface area contributed by atoms with Crippen molar-refractivity contribution in [3.8, 4) is 0 Å². The van der Waals surface area contributed by atoms with Gasteiger partial charge < -0.3 is 92.6 Å². The summed E-state index contributed by atoms with van der Waals surface area (Å²) < 4.78 is 74.7. The third-order valence-corrected chi connectivity index (χ3v) is 16.0. The molecule has 23 nitrogen and oxygen atoms in total. The quantitative estimate of drug-likeness (QED) is 0.0663. The molecule has 5 aliphatic rings. The molecule has 25 atom stereocenters. The van der Waals surface area contributed by atoms with E-state index >= 15 is 0 Å². The van der Waals surface area contributed by atoms with Gasteiger partial charge in [0.15, 0.2) is 43.5 Å². The van der Waals surface area contributed by atoms with Crippen molar-refractivity contribution in [2.45, 2.75) is 301 Å². The summed E-state index contributed by atoms with van der Waals surface area (Å²) in [5, 5.41) is 80.1. The number of aliphatic hydroxyl groups excluding tert-OH is 7. The first kappa shape index (κ1) is 66.1. The lowest BCUT2D eigenvalue weighted by atomic mass is 9.95. The van der Waals surface area contributed by atoms with Gasteiger partial charge in [0, 0.05) is 6.42 Å². The van der Waals surface area contributed by atoms with Gasteiger partial charge in [0.1, 0.15) is 67.6 Å². The van der Waals surface area contributed by atoms with E-state index in [9.17, 15) is 54.9 Å². The van der Waals surface area contributed by atoms with E-state index in [0.717, 1.165) is 51.4 Å². The zero-order valence-electron chi connectivity index (χ0n) is 47.4. The molecule has 0 saturated carbocycles. The fourth-order valence-electron chi connectivity index (χ4n) is 9.98. The Hall–Kier alpha value is -2.72. The lowest BCUT2D eigenvalue weighted by Gasteiger charge is -2.50. The SMILES string of the molecule is CCCCC[C@@H]1CCCCCCCCCC(=O)O[C@@H]2[C@@H](O[C@@H]3O[C@H](C)[C@@H](OC(=O)[C@H](C)CC)[C@H](O)[C@H]3O)[C@H](C)O[C@@H](O[C@H]3[C@H](O[C@H]4[C@H](O1)O[C@H](C)[C@@H](O)[C@@H]4O)O[C@H](COC(=O)[C@H](C)[C@H](C)O)[C@@H](O)[C@@H]3O)[C@@H]2OC(=O)[C@H](C)CC. The standard InChI is InChI=1S/C55H94O23/c1-11-14-20-23-34-24-21-18-16-15-17-19-22-25-36(57)73-47-44(76-52-42(63)41(62)43(32(9)69-52)74-49(64)27(4)12-2)33(10)70-55(48(47)75-50(65)28(5)13-3)78-46-40(61)38(59)35(26-67-51(66)29(6)30(7)56)72-54(46)77-45-39(60)37(58)31(8)68-53(45)71-34/h27-35,37-48,52-56,58-63H,11-26H2,1-10H3/t27-,28-,29-,30+,31-,32-,33+,34-,35-,37-,38-,39+,40+,41-,42-,43-,44+,45-,46-,47-,48-,52+,53+,54+,55+/m1/s1. The van der Waals surface area contributed by atoms with E-state index in [4.69, 9.17) is 56.8 Å². The lowest BCUT2D eigenvalue weighted by molar-refractivity contribution is -0.399. The molecule has 2 bridgehead atoms. The van der Waals surface area contributed by atoms with Crippen LogP contribution in [0.25, 0.3) is 0 Å². The maximum atomic E-state index is 14.1. The Morgan fingerprint density at radius 1 is 0.564 bits per heavy atom. The predicted molar refractivity (Wildman–Crippen MR) is 273 cm³/mol. The molecule has 0 unspecified atom stereocenters. The average Bonchev–Trinajstić information content (AvgIpc) is 3.43. The normalized spacial score (nSPS) is 40.4. The summed E-state index contributed by atoms with van der Waals surface area (Å²) in [6.45, 7) is 15.6. The summed E-state index contributed by atoms with van der Waals surface area (Å²) in [5.41, 5.74) is 0. The van der Waals surface area contributed by atoms with Gasteiger partial charge in [0.05, 0.1) is 48.3 Å². The molecule has 0 radical (unpaired) electrons. The summed E-state index contributed by atoms with van der Waals surface area (Å²) in [7, 11) is 0. The van der Waals surface area contributed by atoms with Crippen molar-refractivity contribution in [3.05, 3.63) is 0 Å². The van der Waals surface area contributed by atoms with E-state index in [1.165, 1.54) is 27.7 Å². The van der Waals surface area contributed by atoms with Gasteiger partial charge in [0.2, 0.25) is 0 Å². The van der Waals surface area contributed by atoms with Crippen LogP contribution in [0.2, 0.25) is 0 Å². The Morgan fingerprint density at radius 3 is 1.73 bits per heavy atom. The molecule has 0 amide bonds. The fraction of sp³-hybridized carbons (Fsp3) is 0.927. The minimum atomic E-state index is -2.02. The highest BCUT2D eigenvalue weighted by Gasteiger charge is 2.58. The number of hydrogen-bond acceptors (Lipinski definition) is 23. The van der Waals surface area contributed by atoms with Crippen molar-refractivity contribution in [3.63, 3.8) is 0 Å². The number of carbonyl (C=O) groups is 4. The van der Waals surface area contributed by atoms with Crippen molar-refractivity contribution in [1.82, 2.24) is 0 Å². The van der Waals surface area contributed by atoms with Crippen LogP contribution in [0.5, 0.6) is 0 Å². The minimum absolute atomic E-state index is 0.0645. The van der Waals surface area contributed by atoms with Crippen LogP contribution in [0, 0.1) is 17.8 Å². The van der Waals surface area contributed by atoms with Crippen LogP contribution in [-0.2, 0) is 76.0 Å². The number of fused-ring (bicyclic) bond motifs is 4. The zero-order valence-corrected chi connectivity index (χ0v) is 47.4. The first-order valence-electron chi connectivity index (χ1n) is 28.8. The van der Waals surface area contributed by atoms with Crippen molar-refractivity contribution >= 4 is 23.9 Å². The monoisotopic (exact) mass is 1120 g/mol. The van der Waals surface area contributed by atoms with Crippen LogP contribution >= 0.6 is 0 Å². The van der Waals surface area contributed by atoms with Crippen molar-refractivity contribution in [1.29, 1.82) is 0 Å². The van der Waals surface area contributed by atoms with Crippen LogP contribution in [-0.4, -0.2) is 201 Å². The average molecular weight is 1120 g/mol. The van der Waals surface area contributed by atoms with Gasteiger partial charge in [-0.1, -0.05) is 92.4 Å². The van der Waals surface area contributed by atoms with E-state index in [-0.39, 0.29) is 12.5 Å². The van der Waals surface area contributed by atoms with Gasteiger partial charge in [-0.25, -0.2) is 0 Å². The molecule has 5 saturated heterocycles. The molecule has 0 spiro atoms. The van der Waals surface area contributed by atoms with Gasteiger partial charge in [-0.15, -0.1) is 0 Å². The van der Waals surface area contributed by atoms with Crippen LogP contribution in [0.15, 0.2) is 0 Å². The fourth-order valence-corrected chi connectivity index (χ4v) is 9.98. The molecule has 452 valence electrons. The van der Waals surface area contributed by atoms with E-state index < -0.39 is 177 Å². The number of ether oxygens (including phenoxy) is 12. The van der Waals surface area contributed by atoms with E-state index in [1.807, 2.05) is 0 Å². The molecule has 7 N–H and O–H groups in total. The minimum Gasteiger partial charge on any atom is -0.463 e. The smallest absolute Gasteiger partial charge is 0.311 e. The first-order chi connectivity index (χ1) is 37.0. The maximum absolute atomic E-state index is 14.1. The Balaban J connectivity index is 1.59. The second kappa shape index (κ2) is 31.6. The summed E-state index contributed by atoms with van der Waals surface area (Å²) in [6, 6.07) is 0. The number of hydrogen-bond donors (Lipinski definition) is 7. The lowest BCUT2D eigenvalue weighted by Crippen LogP contribution is -2.68. The summed E-state index contributed by atoms with van der Waals surface area (Å²) in [4.78, 5) is 53.9. The Labute approximate surface area is 459 Å². The Kier molecular flexibility index (Phi) is 26.8. The first-order valence-corrected chi connectivity index (χ1v) is 28.8. The van der Waals surface area contributed by atoms with Crippen LogP contribution in [0.4, 0.5) is 0 Å². The second-order valence-electron chi connectivity index (χ2n) is 22.2. The number of unbranched alkanes of at least 4 members (excludes halogenated alkanes) is 2. The number of esters is 4. The van der Waals surface area contributed by atoms with Gasteiger partial charge in [0.25, 0.3) is 0 Å². The molecule has 0 aliphatic carbocycles. The molecule has 23 heteroatoms. The molecule has 5 aliphatic heterocycles. The second-order valence-corrected chi connectivity index (χ2v) is 22.2. The molecule has 5 heterocycles. The summed E-state index contributed by atoms with van der Waals surface area (Å²) >= 11 is 0.